The Morgan fingerprint density at radius 3 is 1.87 bits per heavy atom. The number of hydrogen-bond acceptors (Lipinski definition) is 0. The molecule has 1 atom stereocenters. The van der Waals surface area contributed by atoms with E-state index in [-0.39, 0.29) is 24.8 Å². The van der Waals surface area contributed by atoms with E-state index in [0.717, 1.165) is 35.7 Å². The molecule has 0 spiro atoms. The molecule has 5 heteroatoms. The van der Waals surface area contributed by atoms with Crippen molar-refractivity contribution in [2.24, 2.45) is 0 Å². The molecule has 2 aliphatic rings. The summed E-state index contributed by atoms with van der Waals surface area (Å²) in [6.07, 6.45) is 13.9. The largest absolute Gasteiger partial charge is 1.00 e. The fourth-order valence-electron chi connectivity index (χ4n) is 7.21. The molecule has 0 saturated heterocycles. The molecular weight excluding hydrogens is 725 g/mol. The second-order valence-electron chi connectivity index (χ2n) is 12.8. The van der Waals surface area contributed by atoms with E-state index in [2.05, 4.69) is 120 Å². The van der Waals surface area contributed by atoms with Crippen LogP contribution in [0.4, 0.5) is 0 Å². The first-order valence-corrected chi connectivity index (χ1v) is 20.7. The van der Waals surface area contributed by atoms with Gasteiger partial charge in [0.15, 0.2) is 0 Å². The zero-order chi connectivity index (χ0) is 31.0. The van der Waals surface area contributed by atoms with Crippen LogP contribution in [0.5, 0.6) is 0 Å². The Balaban J connectivity index is 0.00000240. The van der Waals surface area contributed by atoms with Crippen molar-refractivity contribution in [2.45, 2.75) is 76.8 Å². The summed E-state index contributed by atoms with van der Waals surface area (Å²) in [6.45, 7) is 11.6. The normalized spacial score (nSPS) is 14.0. The standard InChI is InChI=1S/C21H25.C15H12Cl2.C5H5.2ClH.Zr/c1-6-7-8-18-16(5)15(4)11-20-19-10-14(3)13(2)9-17(19)12-21(18)20;16-14-8-4-12(5-9-14)2-1-3-13-6-10-15(17)11-7-13;1-2-4-5-3-1;;;/h9-12H,6-8H2,1-5H3;4-11H,2-3H2;1-3H,4H2;2*1H;/q;;;;;+2/p-2. The summed E-state index contributed by atoms with van der Waals surface area (Å²) in [5.74, 6) is 0. The Morgan fingerprint density at radius 1 is 0.761 bits per heavy atom. The first-order valence-electron chi connectivity index (χ1n) is 16.1. The first-order chi connectivity index (χ1) is 21.2. The molecule has 238 valence electrons. The maximum Gasteiger partial charge on any atom is -1.00 e. The topological polar surface area (TPSA) is 0 Å². The molecule has 0 nitrogen and oxygen atoms in total. The second-order valence-corrected chi connectivity index (χ2v) is 20.4. The molecule has 2 aliphatic carbocycles. The zero-order valence-corrected chi connectivity index (χ0v) is 32.9. The monoisotopic (exact) mass is 764 g/mol. The van der Waals surface area contributed by atoms with Crippen molar-refractivity contribution in [1.29, 1.82) is 0 Å². The molecule has 0 heterocycles. The molecule has 6 rings (SSSR count). The van der Waals surface area contributed by atoms with E-state index in [0.29, 0.717) is 3.63 Å². The third-order valence-corrected chi connectivity index (χ3v) is 18.6. The average molecular weight is 768 g/mol. The van der Waals surface area contributed by atoms with Crippen LogP contribution >= 0.6 is 23.2 Å². The van der Waals surface area contributed by atoms with Gasteiger partial charge in [-0.1, -0.05) is 0 Å². The molecule has 46 heavy (non-hydrogen) atoms. The summed E-state index contributed by atoms with van der Waals surface area (Å²) in [5, 5.41) is 1.59. The van der Waals surface area contributed by atoms with Crippen molar-refractivity contribution in [1.82, 2.24) is 0 Å². The van der Waals surface area contributed by atoms with Crippen molar-refractivity contribution in [3.8, 4) is 11.1 Å². The molecule has 0 saturated carbocycles. The predicted octanol–water partition coefficient (Wildman–Crippen LogP) is 5.77. The number of unbranched alkanes of at least 4 members (excludes halogenated alkanes) is 1. The van der Waals surface area contributed by atoms with Crippen LogP contribution in [0.25, 0.3) is 11.1 Å². The van der Waals surface area contributed by atoms with E-state index in [1.165, 1.54) is 57.3 Å². The van der Waals surface area contributed by atoms with Gasteiger partial charge in [0.2, 0.25) is 0 Å². The predicted molar refractivity (Wildman–Crippen MR) is 188 cm³/mol. The zero-order valence-electron chi connectivity index (χ0n) is 27.4. The van der Waals surface area contributed by atoms with Gasteiger partial charge in [-0.25, -0.2) is 0 Å². The van der Waals surface area contributed by atoms with Crippen molar-refractivity contribution in [3.63, 3.8) is 0 Å². The summed E-state index contributed by atoms with van der Waals surface area (Å²) in [4.78, 5) is 0. The van der Waals surface area contributed by atoms with Crippen LogP contribution in [0.15, 0.2) is 88.2 Å². The van der Waals surface area contributed by atoms with Gasteiger partial charge in [-0.05, 0) is 0 Å². The minimum atomic E-state index is -2.63. The fraction of sp³-hybridized carbons (Fsp3) is 0.293. The van der Waals surface area contributed by atoms with Crippen LogP contribution in [-0.4, -0.2) is 3.21 Å². The summed E-state index contributed by atoms with van der Waals surface area (Å²) in [5.41, 5.74) is 16.3. The smallest absolute Gasteiger partial charge is 1.00 e. The summed E-state index contributed by atoms with van der Waals surface area (Å²) < 4.78 is 3.93. The SMILES string of the molecule is CCCCc1c(C)c(C)cc2c1[CH]([Zr+2]([C]1=CC=CC1)=[C](Cc1ccc(Cl)cc1)Cc1ccc(Cl)cc1)c1cc(C)c(C)cc1-2.[Cl-].[Cl-]. The first kappa shape index (κ1) is 37.1. The van der Waals surface area contributed by atoms with E-state index in [9.17, 15) is 0 Å². The van der Waals surface area contributed by atoms with E-state index in [1.54, 1.807) is 23.2 Å². The number of aryl methyl sites for hydroxylation is 3. The molecule has 0 aliphatic heterocycles. The third kappa shape index (κ3) is 7.61. The van der Waals surface area contributed by atoms with Crippen LogP contribution in [0.3, 0.4) is 0 Å². The van der Waals surface area contributed by atoms with Crippen molar-refractivity contribution < 1.29 is 46.1 Å². The Bertz CT molecular complexity index is 1760. The van der Waals surface area contributed by atoms with Crippen LogP contribution in [-0.2, 0) is 40.5 Å². The van der Waals surface area contributed by atoms with Gasteiger partial charge in [0.1, 0.15) is 0 Å². The van der Waals surface area contributed by atoms with E-state index in [1.807, 2.05) is 0 Å². The van der Waals surface area contributed by atoms with Gasteiger partial charge in [0.25, 0.3) is 0 Å². The summed E-state index contributed by atoms with van der Waals surface area (Å²) in [7, 11) is 0. The molecular formula is C41H42Cl4Zr. The minimum Gasteiger partial charge on any atom is -1.00 e. The molecule has 4 aromatic carbocycles. The number of fused-ring (bicyclic) bond motifs is 3. The summed E-state index contributed by atoms with van der Waals surface area (Å²) >= 11 is 10.1. The van der Waals surface area contributed by atoms with Crippen LogP contribution in [0.1, 0.15) is 79.9 Å². The van der Waals surface area contributed by atoms with Gasteiger partial charge in [0.05, 0.1) is 0 Å². The maximum absolute atomic E-state index is 6.36. The van der Waals surface area contributed by atoms with Crippen molar-refractivity contribution >= 4 is 26.4 Å². The van der Waals surface area contributed by atoms with E-state index >= 15 is 0 Å². The quantitative estimate of drug-likeness (QED) is 0.203. The van der Waals surface area contributed by atoms with Gasteiger partial charge in [-0.3, -0.25) is 0 Å². The molecule has 0 fully saturated rings. The molecule has 4 aromatic rings. The Labute approximate surface area is 306 Å². The van der Waals surface area contributed by atoms with Crippen LogP contribution < -0.4 is 24.8 Å². The van der Waals surface area contributed by atoms with Gasteiger partial charge in [0, 0.05) is 0 Å². The Morgan fingerprint density at radius 2 is 1.33 bits per heavy atom. The second kappa shape index (κ2) is 16.1. The van der Waals surface area contributed by atoms with Crippen molar-refractivity contribution in [2.75, 3.05) is 0 Å². The number of rotatable bonds is 9. The van der Waals surface area contributed by atoms with Gasteiger partial charge < -0.3 is 24.8 Å². The molecule has 0 aromatic heterocycles. The molecule has 0 bridgehead atoms. The van der Waals surface area contributed by atoms with Crippen LogP contribution in [0.2, 0.25) is 10.0 Å². The number of halogens is 4. The van der Waals surface area contributed by atoms with Crippen molar-refractivity contribution in [3.05, 3.63) is 148 Å². The summed E-state index contributed by atoms with van der Waals surface area (Å²) in [6, 6.07) is 24.7. The number of allylic oxidation sites excluding steroid dienone is 4. The number of benzene rings is 4. The molecule has 0 N–H and O–H groups in total. The average Bonchev–Trinajstić information content (AvgIpc) is 3.64. The minimum absolute atomic E-state index is 0. The molecule has 0 amide bonds. The maximum atomic E-state index is 6.36. The van der Waals surface area contributed by atoms with E-state index in [4.69, 9.17) is 23.2 Å². The van der Waals surface area contributed by atoms with Gasteiger partial charge >= 0.3 is 284 Å². The Hall–Kier alpha value is -1.73. The van der Waals surface area contributed by atoms with E-state index < -0.39 is 21.3 Å². The molecule has 1 unspecified atom stereocenters. The Kier molecular flexibility index (Phi) is 13.0. The third-order valence-electron chi connectivity index (χ3n) is 9.80. The molecule has 0 radical (unpaired) electrons. The number of hydrogen-bond donors (Lipinski definition) is 0. The van der Waals surface area contributed by atoms with Gasteiger partial charge in [-0.2, -0.15) is 0 Å². The fourth-order valence-corrected chi connectivity index (χ4v) is 16.8. The van der Waals surface area contributed by atoms with Gasteiger partial charge in [-0.15, -0.1) is 0 Å². The van der Waals surface area contributed by atoms with Crippen LogP contribution in [0, 0.1) is 27.7 Å².